The van der Waals surface area contributed by atoms with Crippen LogP contribution in [0.3, 0.4) is 0 Å². The highest BCUT2D eigenvalue weighted by atomic mass is 79.9. The predicted molar refractivity (Wildman–Crippen MR) is 104 cm³/mol. The quantitative estimate of drug-likeness (QED) is 0.669. The second-order valence-corrected chi connectivity index (χ2v) is 8.44. The lowest BCUT2D eigenvalue weighted by Gasteiger charge is -2.08. The molecule has 2 aromatic rings. The summed E-state index contributed by atoms with van der Waals surface area (Å²) >= 11 is 3.36. The van der Waals surface area contributed by atoms with Gasteiger partial charge in [0.05, 0.1) is 29.2 Å². The lowest BCUT2D eigenvalue weighted by Crippen LogP contribution is -2.18. The Hall–Kier alpha value is -1.51. The number of amides is 1. The molecule has 1 heterocycles. The number of hydrogen-bond acceptors (Lipinski definition) is 4. The molecule has 1 aromatic carbocycles. The summed E-state index contributed by atoms with van der Waals surface area (Å²) in [6, 6.07) is 7.41. The van der Waals surface area contributed by atoms with Crippen molar-refractivity contribution in [2.75, 3.05) is 31.7 Å². The van der Waals surface area contributed by atoms with E-state index >= 15 is 0 Å². The van der Waals surface area contributed by atoms with Crippen LogP contribution in [-0.4, -0.2) is 51.2 Å². The van der Waals surface area contributed by atoms with Gasteiger partial charge in [-0.05, 0) is 44.8 Å². The van der Waals surface area contributed by atoms with Gasteiger partial charge in [0.1, 0.15) is 0 Å². The first-order valence-electron chi connectivity index (χ1n) is 8.05. The molecule has 136 valence electrons. The molecule has 1 unspecified atom stereocenters. The fraction of sp³-hybridized carbons (Fsp3) is 0.412. The van der Waals surface area contributed by atoms with E-state index in [0.717, 1.165) is 22.5 Å². The maximum absolute atomic E-state index is 12.2. The molecule has 1 atom stereocenters. The van der Waals surface area contributed by atoms with E-state index in [9.17, 15) is 9.00 Å². The monoisotopic (exact) mass is 426 g/mol. The number of nitrogens with zero attached hydrogens (tertiary/aromatic N) is 3. The van der Waals surface area contributed by atoms with Crippen LogP contribution in [0.5, 0.6) is 0 Å². The summed E-state index contributed by atoms with van der Waals surface area (Å²) in [7, 11) is 2.93. The maximum Gasteiger partial charge on any atom is 0.224 e. The van der Waals surface area contributed by atoms with Crippen LogP contribution in [0.4, 0.5) is 5.69 Å². The zero-order chi connectivity index (χ0) is 18.2. The highest BCUT2D eigenvalue weighted by Gasteiger charge is 2.08. The van der Waals surface area contributed by atoms with Gasteiger partial charge in [0.25, 0.3) is 0 Å². The molecule has 0 spiro atoms. The van der Waals surface area contributed by atoms with Gasteiger partial charge in [-0.2, -0.15) is 5.10 Å². The third-order valence-corrected chi connectivity index (χ3v) is 5.49. The number of halogens is 1. The summed E-state index contributed by atoms with van der Waals surface area (Å²) in [5.41, 5.74) is 0.692. The van der Waals surface area contributed by atoms with Crippen LogP contribution in [-0.2, 0) is 22.1 Å². The number of aromatic nitrogens is 2. The van der Waals surface area contributed by atoms with E-state index in [2.05, 4.69) is 31.2 Å². The normalized spacial score (nSPS) is 12.3. The van der Waals surface area contributed by atoms with Crippen LogP contribution < -0.4 is 5.32 Å². The van der Waals surface area contributed by atoms with E-state index in [-0.39, 0.29) is 5.91 Å². The van der Waals surface area contributed by atoms with E-state index in [1.165, 1.54) is 0 Å². The maximum atomic E-state index is 12.2. The van der Waals surface area contributed by atoms with Gasteiger partial charge in [-0.1, -0.05) is 15.9 Å². The molecule has 25 heavy (non-hydrogen) atoms. The average molecular weight is 427 g/mol. The molecule has 6 nitrogen and oxygen atoms in total. The van der Waals surface area contributed by atoms with Crippen LogP contribution >= 0.6 is 15.9 Å². The standard InChI is InChI=1S/C17H23BrN4O2S/c1-21(2)9-10-22-13-15(12-19-22)20-17(23)4-3-11-25(24)16-7-5-14(18)6-8-16/h5-8,12-13H,3-4,9-11H2,1-2H3,(H,20,23). The largest absolute Gasteiger partial charge is 0.323 e. The third-order valence-electron chi connectivity index (χ3n) is 3.50. The average Bonchev–Trinajstić information content (AvgIpc) is 3.01. The first-order chi connectivity index (χ1) is 11.9. The summed E-state index contributed by atoms with van der Waals surface area (Å²) in [5.74, 6) is 0.386. The topological polar surface area (TPSA) is 67.2 Å². The van der Waals surface area contributed by atoms with E-state index in [0.29, 0.717) is 24.3 Å². The van der Waals surface area contributed by atoms with Crippen molar-refractivity contribution in [3.63, 3.8) is 0 Å². The number of likely N-dealkylation sites (N-methyl/N-ethyl adjacent to an activating group) is 1. The van der Waals surface area contributed by atoms with Crippen molar-refractivity contribution < 1.29 is 9.00 Å². The highest BCUT2D eigenvalue weighted by Crippen LogP contribution is 2.14. The fourth-order valence-electron chi connectivity index (χ4n) is 2.14. The first kappa shape index (κ1) is 19.8. The third kappa shape index (κ3) is 7.09. The molecule has 2 rings (SSSR count). The van der Waals surface area contributed by atoms with Gasteiger partial charge in [-0.3, -0.25) is 13.7 Å². The second-order valence-electron chi connectivity index (χ2n) is 5.95. The van der Waals surface area contributed by atoms with Crippen LogP contribution in [0.1, 0.15) is 12.8 Å². The van der Waals surface area contributed by atoms with Crippen molar-refractivity contribution in [3.8, 4) is 0 Å². The first-order valence-corrected chi connectivity index (χ1v) is 10.2. The Balaban J connectivity index is 1.71. The molecule has 0 fully saturated rings. The zero-order valence-electron chi connectivity index (χ0n) is 14.4. The van der Waals surface area contributed by atoms with Crippen LogP contribution in [0, 0.1) is 0 Å². The van der Waals surface area contributed by atoms with Gasteiger partial charge in [-0.25, -0.2) is 0 Å². The van der Waals surface area contributed by atoms with Gasteiger partial charge in [0, 0.05) is 34.3 Å². The molecule has 0 aliphatic heterocycles. The van der Waals surface area contributed by atoms with E-state index in [1.54, 1.807) is 10.9 Å². The fourth-order valence-corrected chi connectivity index (χ4v) is 3.49. The SMILES string of the molecule is CN(C)CCn1cc(NC(=O)CCCS(=O)c2ccc(Br)cc2)cn1. The number of rotatable bonds is 9. The van der Waals surface area contributed by atoms with Gasteiger partial charge >= 0.3 is 0 Å². The Kier molecular flexibility index (Phi) is 7.80. The van der Waals surface area contributed by atoms with E-state index in [4.69, 9.17) is 0 Å². The van der Waals surface area contributed by atoms with Gasteiger partial charge in [0.15, 0.2) is 0 Å². The Bertz CT molecular complexity index is 716. The molecule has 0 aliphatic carbocycles. The van der Waals surface area contributed by atoms with Crippen LogP contribution in [0.25, 0.3) is 0 Å². The molecule has 0 saturated heterocycles. The van der Waals surface area contributed by atoms with Crippen LogP contribution in [0.2, 0.25) is 0 Å². The molecule has 0 saturated carbocycles. The summed E-state index contributed by atoms with van der Waals surface area (Å²) in [4.78, 5) is 14.8. The zero-order valence-corrected chi connectivity index (χ0v) is 16.8. The molecular weight excluding hydrogens is 404 g/mol. The second kappa shape index (κ2) is 9.84. The Morgan fingerprint density at radius 1 is 1.32 bits per heavy atom. The molecule has 0 aliphatic rings. The molecule has 1 aromatic heterocycles. The summed E-state index contributed by atoms with van der Waals surface area (Å²) < 4.78 is 14.9. The van der Waals surface area contributed by atoms with Crippen molar-refractivity contribution in [1.82, 2.24) is 14.7 Å². The van der Waals surface area contributed by atoms with E-state index < -0.39 is 10.8 Å². The highest BCUT2D eigenvalue weighted by molar-refractivity contribution is 9.10. The number of nitrogens with one attached hydrogen (secondary N) is 1. The van der Waals surface area contributed by atoms with Crippen molar-refractivity contribution in [2.45, 2.75) is 24.3 Å². The minimum absolute atomic E-state index is 0.0834. The number of hydrogen-bond donors (Lipinski definition) is 1. The molecule has 0 bridgehead atoms. The smallest absolute Gasteiger partial charge is 0.224 e. The summed E-state index contributed by atoms with van der Waals surface area (Å²) in [5, 5.41) is 7.05. The van der Waals surface area contributed by atoms with Gasteiger partial charge in [0.2, 0.25) is 5.91 Å². The number of carbonyl (C=O) groups is 1. The van der Waals surface area contributed by atoms with Gasteiger partial charge in [-0.15, -0.1) is 0 Å². The van der Waals surface area contributed by atoms with Crippen molar-refractivity contribution >= 4 is 38.3 Å². The lowest BCUT2D eigenvalue weighted by atomic mass is 10.3. The van der Waals surface area contributed by atoms with Crippen molar-refractivity contribution in [2.24, 2.45) is 0 Å². The van der Waals surface area contributed by atoms with Gasteiger partial charge < -0.3 is 10.2 Å². The summed E-state index contributed by atoms with van der Waals surface area (Å²) in [6.45, 7) is 1.66. The molecule has 8 heteroatoms. The van der Waals surface area contributed by atoms with Crippen molar-refractivity contribution in [1.29, 1.82) is 0 Å². The minimum atomic E-state index is -1.08. The number of anilines is 1. The molecule has 0 radical (unpaired) electrons. The number of benzene rings is 1. The Morgan fingerprint density at radius 3 is 2.72 bits per heavy atom. The van der Waals surface area contributed by atoms with E-state index in [1.807, 2.05) is 44.6 Å². The minimum Gasteiger partial charge on any atom is -0.323 e. The van der Waals surface area contributed by atoms with Crippen LogP contribution in [0.15, 0.2) is 46.0 Å². The lowest BCUT2D eigenvalue weighted by molar-refractivity contribution is -0.116. The summed E-state index contributed by atoms with van der Waals surface area (Å²) in [6.07, 6.45) is 4.38. The van der Waals surface area contributed by atoms with Crippen molar-refractivity contribution in [3.05, 3.63) is 41.1 Å². The molecule has 1 amide bonds. The Morgan fingerprint density at radius 2 is 2.04 bits per heavy atom. The molecular formula is C17H23BrN4O2S. The predicted octanol–water partition coefficient (Wildman–Crippen LogP) is 2.73. The molecule has 1 N–H and O–H groups in total. The Labute approximate surface area is 159 Å². The number of carbonyl (C=O) groups excluding carboxylic acids is 1.